The second-order valence-corrected chi connectivity index (χ2v) is 6.06. The highest BCUT2D eigenvalue weighted by molar-refractivity contribution is 5.91. The van der Waals surface area contributed by atoms with Crippen LogP contribution in [0.1, 0.15) is 25.8 Å². The third-order valence-electron chi connectivity index (χ3n) is 3.26. The Hall–Kier alpha value is -1.96. The zero-order chi connectivity index (χ0) is 17.8. The van der Waals surface area contributed by atoms with E-state index in [1.807, 2.05) is 0 Å². The number of anilines is 2. The molecule has 1 rings (SSSR count). The van der Waals surface area contributed by atoms with E-state index in [-0.39, 0.29) is 18.7 Å². The fraction of sp³-hybridized carbons (Fsp3) is 0.533. The fourth-order valence-corrected chi connectivity index (χ4v) is 1.96. The van der Waals surface area contributed by atoms with E-state index in [0.29, 0.717) is 5.69 Å². The first-order chi connectivity index (χ1) is 10.5. The van der Waals surface area contributed by atoms with Gasteiger partial charge in [0.2, 0.25) is 0 Å². The van der Waals surface area contributed by atoms with Gasteiger partial charge in [0.1, 0.15) is 0 Å². The lowest BCUT2D eigenvalue weighted by atomic mass is 10.0. The zero-order valence-electron chi connectivity index (χ0n) is 13.6. The minimum absolute atomic E-state index is 0.140. The molecule has 0 saturated carbocycles. The van der Waals surface area contributed by atoms with Crippen molar-refractivity contribution >= 4 is 17.4 Å². The normalized spacial score (nSPS) is 12.0. The molecule has 5 nitrogen and oxygen atoms in total. The summed E-state index contributed by atoms with van der Waals surface area (Å²) in [5.74, 6) is 0. The fourth-order valence-electron chi connectivity index (χ4n) is 1.96. The maximum Gasteiger partial charge on any atom is 0.418 e. The van der Waals surface area contributed by atoms with Crippen LogP contribution in [0.15, 0.2) is 18.2 Å². The monoisotopic (exact) mass is 333 g/mol. The lowest BCUT2D eigenvalue weighted by molar-refractivity contribution is -0.136. The maximum atomic E-state index is 13.2. The summed E-state index contributed by atoms with van der Waals surface area (Å²) in [6.07, 6.45) is -4.30. The van der Waals surface area contributed by atoms with Gasteiger partial charge in [-0.15, -0.1) is 0 Å². The molecule has 2 amide bonds. The van der Waals surface area contributed by atoms with Gasteiger partial charge >= 0.3 is 12.2 Å². The number of benzene rings is 1. The first kappa shape index (κ1) is 19.1. The first-order valence-corrected chi connectivity index (χ1v) is 7.05. The molecule has 0 saturated heterocycles. The van der Waals surface area contributed by atoms with Gasteiger partial charge in [0.15, 0.2) is 0 Å². The van der Waals surface area contributed by atoms with E-state index >= 15 is 0 Å². The molecule has 0 heterocycles. The summed E-state index contributed by atoms with van der Waals surface area (Å²) in [4.78, 5) is 13.5. The number of hydrogen-bond acceptors (Lipinski definition) is 3. The summed E-state index contributed by atoms with van der Waals surface area (Å²) in [6.45, 7) is 3.20. The second kappa shape index (κ2) is 7.08. The zero-order valence-corrected chi connectivity index (χ0v) is 13.6. The van der Waals surface area contributed by atoms with Crippen LogP contribution in [0.5, 0.6) is 0 Å². The highest BCUT2D eigenvalue weighted by atomic mass is 19.4. The van der Waals surface area contributed by atoms with Gasteiger partial charge in [0, 0.05) is 31.9 Å². The highest BCUT2D eigenvalue weighted by Crippen LogP contribution is 2.37. The van der Waals surface area contributed by atoms with Crippen LogP contribution in [0, 0.1) is 0 Å². The van der Waals surface area contributed by atoms with Gasteiger partial charge < -0.3 is 20.6 Å². The Morgan fingerprint density at radius 1 is 1.26 bits per heavy atom. The van der Waals surface area contributed by atoms with Crippen molar-refractivity contribution in [2.24, 2.45) is 0 Å². The number of halogens is 3. The third-order valence-corrected chi connectivity index (χ3v) is 3.26. The maximum absolute atomic E-state index is 13.2. The molecule has 0 aromatic heterocycles. The van der Waals surface area contributed by atoms with E-state index in [1.165, 1.54) is 12.1 Å². The van der Waals surface area contributed by atoms with E-state index in [0.717, 1.165) is 6.07 Å². The number of carbonyl (C=O) groups is 1. The minimum Gasteiger partial charge on any atom is -0.396 e. The van der Waals surface area contributed by atoms with Gasteiger partial charge in [0.25, 0.3) is 0 Å². The average Bonchev–Trinajstić information content (AvgIpc) is 2.36. The molecule has 0 atom stereocenters. The molecule has 0 spiro atoms. The first-order valence-electron chi connectivity index (χ1n) is 7.05. The molecule has 23 heavy (non-hydrogen) atoms. The molecule has 0 fully saturated rings. The predicted octanol–water partition coefficient (Wildman–Crippen LogP) is 3.05. The summed E-state index contributed by atoms with van der Waals surface area (Å²) in [5.41, 5.74) is -1.59. The largest absolute Gasteiger partial charge is 0.418 e. The summed E-state index contributed by atoms with van der Waals surface area (Å²) >= 11 is 0. The van der Waals surface area contributed by atoms with Gasteiger partial charge in [-0.2, -0.15) is 13.2 Å². The number of aliphatic hydroxyl groups excluding tert-OH is 1. The Balaban J connectivity index is 3.02. The summed E-state index contributed by atoms with van der Waals surface area (Å²) in [6, 6.07) is 2.93. The van der Waals surface area contributed by atoms with Crippen LogP contribution >= 0.6 is 0 Å². The van der Waals surface area contributed by atoms with Gasteiger partial charge in [-0.05, 0) is 38.5 Å². The Morgan fingerprint density at radius 3 is 2.35 bits per heavy atom. The highest BCUT2D eigenvalue weighted by Gasteiger charge is 2.34. The summed E-state index contributed by atoms with van der Waals surface area (Å²) in [7, 11) is 3.26. The number of amides is 2. The number of aliphatic hydroxyl groups is 1. The Labute approximate surface area is 133 Å². The van der Waals surface area contributed by atoms with Crippen LogP contribution in [0.2, 0.25) is 0 Å². The van der Waals surface area contributed by atoms with Crippen LogP contribution in [0.4, 0.5) is 29.3 Å². The Morgan fingerprint density at radius 2 is 1.87 bits per heavy atom. The Bertz CT molecular complexity index is 557. The third kappa shape index (κ3) is 5.63. The lowest BCUT2D eigenvalue weighted by Gasteiger charge is -2.26. The van der Waals surface area contributed by atoms with Crippen molar-refractivity contribution in [3.8, 4) is 0 Å². The van der Waals surface area contributed by atoms with Gasteiger partial charge in [-0.1, -0.05) is 0 Å². The minimum atomic E-state index is -4.59. The van der Waals surface area contributed by atoms with Crippen molar-refractivity contribution in [3.05, 3.63) is 23.8 Å². The van der Waals surface area contributed by atoms with E-state index < -0.39 is 23.3 Å². The standard InChI is InChI=1S/C15H22F3N3O2/c1-14(2,7-8-22)20-13(23)19-12-6-5-10(21(3)4)9-11(12)15(16,17)18/h5-6,9,22H,7-8H2,1-4H3,(H2,19,20,23). The molecular formula is C15H22F3N3O2. The molecule has 3 N–H and O–H groups in total. The molecule has 1 aromatic rings. The molecule has 0 aliphatic heterocycles. The Kier molecular flexibility index (Phi) is 5.87. The topological polar surface area (TPSA) is 64.6 Å². The van der Waals surface area contributed by atoms with Gasteiger partial charge in [-0.25, -0.2) is 4.79 Å². The number of alkyl halides is 3. The van der Waals surface area contributed by atoms with Crippen molar-refractivity contribution in [1.29, 1.82) is 0 Å². The quantitative estimate of drug-likeness (QED) is 0.776. The molecule has 0 bridgehead atoms. The smallest absolute Gasteiger partial charge is 0.396 e. The molecule has 0 aliphatic rings. The van der Waals surface area contributed by atoms with Gasteiger partial charge in [-0.3, -0.25) is 0 Å². The van der Waals surface area contributed by atoms with Crippen molar-refractivity contribution < 1.29 is 23.1 Å². The number of urea groups is 1. The molecule has 0 aliphatic carbocycles. The SMILES string of the molecule is CN(C)c1ccc(NC(=O)NC(C)(C)CCO)c(C(F)(F)F)c1. The van der Waals surface area contributed by atoms with Crippen molar-refractivity contribution in [2.75, 3.05) is 30.9 Å². The number of hydrogen-bond donors (Lipinski definition) is 3. The average molecular weight is 333 g/mol. The van der Waals surface area contributed by atoms with Crippen LogP contribution in [0.3, 0.4) is 0 Å². The number of rotatable bonds is 5. The van der Waals surface area contributed by atoms with Crippen molar-refractivity contribution in [3.63, 3.8) is 0 Å². The lowest BCUT2D eigenvalue weighted by Crippen LogP contribution is -2.46. The molecule has 0 radical (unpaired) electrons. The molecule has 8 heteroatoms. The van der Waals surface area contributed by atoms with E-state index in [1.54, 1.807) is 32.8 Å². The number of nitrogens with one attached hydrogen (secondary N) is 2. The summed E-state index contributed by atoms with van der Waals surface area (Å²) in [5, 5.41) is 13.7. The van der Waals surface area contributed by atoms with Crippen molar-refractivity contribution in [2.45, 2.75) is 32.0 Å². The predicted molar refractivity (Wildman–Crippen MR) is 83.7 cm³/mol. The van der Waals surface area contributed by atoms with Crippen LogP contribution in [0.25, 0.3) is 0 Å². The summed E-state index contributed by atoms with van der Waals surface area (Å²) < 4.78 is 39.5. The van der Waals surface area contributed by atoms with E-state index in [4.69, 9.17) is 5.11 Å². The molecule has 130 valence electrons. The van der Waals surface area contributed by atoms with Crippen LogP contribution < -0.4 is 15.5 Å². The van der Waals surface area contributed by atoms with Crippen LogP contribution in [-0.4, -0.2) is 37.4 Å². The van der Waals surface area contributed by atoms with Crippen LogP contribution in [-0.2, 0) is 6.18 Å². The number of nitrogens with zero attached hydrogens (tertiary/aromatic N) is 1. The number of carbonyl (C=O) groups excluding carboxylic acids is 1. The van der Waals surface area contributed by atoms with E-state index in [9.17, 15) is 18.0 Å². The second-order valence-electron chi connectivity index (χ2n) is 6.06. The van der Waals surface area contributed by atoms with Crippen molar-refractivity contribution in [1.82, 2.24) is 5.32 Å². The molecular weight excluding hydrogens is 311 g/mol. The molecule has 1 aromatic carbocycles. The molecule has 0 unspecified atom stereocenters. The van der Waals surface area contributed by atoms with E-state index in [2.05, 4.69) is 10.6 Å². The van der Waals surface area contributed by atoms with Gasteiger partial charge in [0.05, 0.1) is 11.3 Å².